The Morgan fingerprint density at radius 1 is 1.12 bits per heavy atom. The summed E-state index contributed by atoms with van der Waals surface area (Å²) < 4.78 is 0.866. The number of hydrogen-bond acceptors (Lipinski definition) is 7. The number of ketones is 1. The summed E-state index contributed by atoms with van der Waals surface area (Å²) in [6.45, 7) is 7.56. The van der Waals surface area contributed by atoms with Gasteiger partial charge in [-0.05, 0) is 55.6 Å². The van der Waals surface area contributed by atoms with Gasteiger partial charge in [0.05, 0.1) is 16.3 Å². The quantitative estimate of drug-likeness (QED) is 0.419. The van der Waals surface area contributed by atoms with Crippen LogP contribution in [0.1, 0.15) is 69.6 Å². The Morgan fingerprint density at radius 2 is 1.88 bits per heavy atom. The van der Waals surface area contributed by atoms with Crippen molar-refractivity contribution in [2.45, 2.75) is 84.0 Å². The van der Waals surface area contributed by atoms with Gasteiger partial charge >= 0.3 is 0 Å². The molecule has 2 bridgehead atoms. The number of nitrogens with zero attached hydrogens (tertiary/aromatic N) is 2. The third-order valence-electron chi connectivity index (χ3n) is 8.39. The van der Waals surface area contributed by atoms with Crippen LogP contribution in [0.25, 0.3) is 10.2 Å². The summed E-state index contributed by atoms with van der Waals surface area (Å²) in [5.74, 6) is -1.87. The molecule has 1 aliphatic carbocycles. The van der Waals surface area contributed by atoms with Crippen molar-refractivity contribution in [1.82, 2.24) is 25.8 Å². The van der Waals surface area contributed by atoms with Gasteiger partial charge in [0.2, 0.25) is 29.4 Å². The minimum Gasteiger partial charge on any atom is -0.356 e. The molecule has 3 N–H and O–H groups in total. The summed E-state index contributed by atoms with van der Waals surface area (Å²) in [7, 11) is 0. The minimum atomic E-state index is -0.952. The molecule has 5 rings (SSSR count). The first-order valence-corrected chi connectivity index (χ1v) is 14.8. The van der Waals surface area contributed by atoms with Crippen LogP contribution in [0.4, 0.5) is 0 Å². The maximum absolute atomic E-state index is 14.0. The Morgan fingerprint density at radius 3 is 2.52 bits per heavy atom. The minimum absolute atomic E-state index is 0.0279. The van der Waals surface area contributed by atoms with E-state index in [0.29, 0.717) is 24.9 Å². The van der Waals surface area contributed by atoms with Gasteiger partial charge in [-0.25, -0.2) is 4.98 Å². The molecule has 2 aliphatic heterocycles. The average Bonchev–Trinajstić information content (AvgIpc) is 3.69. The number of carbonyl (C=O) groups is 5. The Bertz CT molecular complexity index is 1320. The molecule has 0 radical (unpaired) electrons. The highest BCUT2D eigenvalue weighted by molar-refractivity contribution is 7.20. The predicted octanol–water partition coefficient (Wildman–Crippen LogP) is 2.42. The van der Waals surface area contributed by atoms with Crippen molar-refractivity contribution in [3.63, 3.8) is 0 Å². The Balaban J connectivity index is 1.41. The first-order valence-electron chi connectivity index (χ1n) is 14.0. The molecule has 1 saturated carbocycles. The molecule has 2 aromatic rings. The molecular formula is C29H37N5O5S. The number of fused-ring (bicyclic) bond motifs is 3. The van der Waals surface area contributed by atoms with Gasteiger partial charge in [-0.15, -0.1) is 11.3 Å². The molecule has 3 fully saturated rings. The average molecular weight is 568 g/mol. The molecule has 2 saturated heterocycles. The number of thiazole rings is 1. The third kappa shape index (κ3) is 5.48. The highest BCUT2D eigenvalue weighted by atomic mass is 32.1. The van der Waals surface area contributed by atoms with Crippen LogP contribution in [0.15, 0.2) is 24.3 Å². The number of carbonyl (C=O) groups excluding carboxylic acids is 5. The van der Waals surface area contributed by atoms with E-state index in [0.717, 1.165) is 17.5 Å². The number of nitrogens with one attached hydrogen (secondary N) is 3. The molecule has 40 heavy (non-hydrogen) atoms. The lowest BCUT2D eigenvalue weighted by molar-refractivity contribution is -0.147. The number of benzene rings is 1. The lowest BCUT2D eigenvalue weighted by Gasteiger charge is -2.40. The van der Waals surface area contributed by atoms with Crippen LogP contribution < -0.4 is 16.0 Å². The molecule has 3 aliphatic rings. The van der Waals surface area contributed by atoms with E-state index in [-0.39, 0.29) is 46.9 Å². The molecule has 4 amide bonds. The number of hydrogen-bond donors (Lipinski definition) is 3. The fourth-order valence-electron chi connectivity index (χ4n) is 6.41. The summed E-state index contributed by atoms with van der Waals surface area (Å²) in [5, 5.41) is 8.84. The Labute approximate surface area is 237 Å². The predicted molar refractivity (Wildman–Crippen MR) is 150 cm³/mol. The monoisotopic (exact) mass is 567 g/mol. The molecule has 1 aromatic carbocycles. The van der Waals surface area contributed by atoms with Gasteiger partial charge in [0.1, 0.15) is 12.1 Å². The van der Waals surface area contributed by atoms with E-state index in [1.54, 1.807) is 4.90 Å². The van der Waals surface area contributed by atoms with Gasteiger partial charge < -0.3 is 20.9 Å². The zero-order valence-corrected chi connectivity index (χ0v) is 24.2. The van der Waals surface area contributed by atoms with Crippen molar-refractivity contribution in [2.24, 2.45) is 17.3 Å². The summed E-state index contributed by atoms with van der Waals surface area (Å²) in [5.41, 5.74) is 0.142. The number of amides is 4. The lowest BCUT2D eigenvalue weighted by Crippen LogP contribution is -2.61. The van der Waals surface area contributed by atoms with E-state index in [9.17, 15) is 24.0 Å². The van der Waals surface area contributed by atoms with E-state index < -0.39 is 35.4 Å². The van der Waals surface area contributed by atoms with Crippen LogP contribution in [0, 0.1) is 17.3 Å². The zero-order chi connectivity index (χ0) is 28.8. The van der Waals surface area contributed by atoms with Crippen LogP contribution in [0.5, 0.6) is 0 Å². The summed E-state index contributed by atoms with van der Waals surface area (Å²) in [6, 6.07) is 4.88. The second-order valence-corrected chi connectivity index (χ2v) is 13.4. The molecule has 6 atom stereocenters. The standard InChI is InChI=1S/C29H37N5O5S/c1-15(35)31-24(29(2,3)4)28(39)34-18-10-9-16(13-18)22(34)26(38)32-20(14-17-11-12-30-25(17)37)23(36)27-33-19-7-5-6-8-21(19)40-27/h5-8,16-18,20,22,24H,9-14H2,1-4H3,(H,30,37)(H,31,35)(H,32,38)/t16-,17-,18+,20-,22-,24+/m0/s1. The number of Topliss-reactive ketones (excluding diaryl/α,β-unsaturated/α-hetero) is 1. The molecular weight excluding hydrogens is 530 g/mol. The Kier molecular flexibility index (Phi) is 7.69. The molecule has 1 aromatic heterocycles. The van der Waals surface area contributed by atoms with Gasteiger partial charge in [0.25, 0.3) is 0 Å². The number of likely N-dealkylation sites (tertiary alicyclic amines) is 1. The first-order chi connectivity index (χ1) is 18.9. The lowest BCUT2D eigenvalue weighted by atomic mass is 9.84. The summed E-state index contributed by atoms with van der Waals surface area (Å²) in [6.07, 6.45) is 3.07. The topological polar surface area (TPSA) is 138 Å². The summed E-state index contributed by atoms with van der Waals surface area (Å²) in [4.78, 5) is 72.2. The van der Waals surface area contributed by atoms with Crippen molar-refractivity contribution < 1.29 is 24.0 Å². The molecule has 214 valence electrons. The Hall–Kier alpha value is -3.34. The molecule has 0 unspecified atom stereocenters. The van der Waals surface area contributed by atoms with E-state index in [4.69, 9.17) is 0 Å². The normalized spacial score (nSPS) is 25.5. The van der Waals surface area contributed by atoms with Crippen molar-refractivity contribution >= 4 is 51.0 Å². The maximum Gasteiger partial charge on any atom is 0.246 e. The fraction of sp³-hybridized carbons (Fsp3) is 0.586. The summed E-state index contributed by atoms with van der Waals surface area (Å²) >= 11 is 1.26. The van der Waals surface area contributed by atoms with Gasteiger partial charge in [-0.1, -0.05) is 32.9 Å². The van der Waals surface area contributed by atoms with Crippen LogP contribution in [-0.2, 0) is 19.2 Å². The molecule has 10 nitrogen and oxygen atoms in total. The number of para-hydroxylation sites is 1. The van der Waals surface area contributed by atoms with Crippen LogP contribution in [-0.4, -0.2) is 70.0 Å². The van der Waals surface area contributed by atoms with E-state index in [1.807, 2.05) is 45.0 Å². The second kappa shape index (κ2) is 10.9. The van der Waals surface area contributed by atoms with E-state index in [2.05, 4.69) is 20.9 Å². The number of aromatic nitrogens is 1. The number of rotatable bonds is 8. The molecule has 0 spiro atoms. The van der Waals surface area contributed by atoms with Crippen LogP contribution in [0.3, 0.4) is 0 Å². The van der Waals surface area contributed by atoms with Gasteiger partial charge in [-0.2, -0.15) is 0 Å². The largest absolute Gasteiger partial charge is 0.356 e. The fourth-order valence-corrected chi connectivity index (χ4v) is 7.37. The van der Waals surface area contributed by atoms with E-state index in [1.165, 1.54) is 18.3 Å². The van der Waals surface area contributed by atoms with Crippen LogP contribution in [0.2, 0.25) is 0 Å². The first kappa shape index (κ1) is 28.2. The zero-order valence-electron chi connectivity index (χ0n) is 23.4. The van der Waals surface area contributed by atoms with Gasteiger partial charge in [-0.3, -0.25) is 24.0 Å². The maximum atomic E-state index is 14.0. The highest BCUT2D eigenvalue weighted by Gasteiger charge is 2.54. The van der Waals surface area contributed by atoms with Crippen molar-refractivity contribution in [1.29, 1.82) is 0 Å². The third-order valence-corrected chi connectivity index (χ3v) is 9.44. The van der Waals surface area contributed by atoms with Crippen molar-refractivity contribution in [3.8, 4) is 0 Å². The SMILES string of the molecule is CC(=O)N[C@H](C(=O)N1[C@@H]2CC[C@@H](C2)[C@H]1C(=O)N[C@@H](C[C@@H]1CCNC1=O)C(=O)c1nc2ccccc2s1)C(C)(C)C. The number of piperidine rings is 1. The van der Waals surface area contributed by atoms with Crippen molar-refractivity contribution in [3.05, 3.63) is 29.3 Å². The van der Waals surface area contributed by atoms with Crippen molar-refractivity contribution in [2.75, 3.05) is 6.54 Å². The smallest absolute Gasteiger partial charge is 0.246 e. The van der Waals surface area contributed by atoms with Crippen LogP contribution >= 0.6 is 11.3 Å². The molecule has 11 heteroatoms. The van der Waals surface area contributed by atoms with Gasteiger partial charge in [0.15, 0.2) is 5.01 Å². The highest BCUT2D eigenvalue weighted by Crippen LogP contribution is 2.44. The van der Waals surface area contributed by atoms with Gasteiger partial charge in [0, 0.05) is 25.4 Å². The van der Waals surface area contributed by atoms with E-state index >= 15 is 0 Å². The second-order valence-electron chi connectivity index (χ2n) is 12.3. The molecule has 3 heterocycles.